The van der Waals surface area contributed by atoms with Crippen LogP contribution in [0.5, 0.6) is 0 Å². The minimum absolute atomic E-state index is 0.0361. The van der Waals surface area contributed by atoms with Gasteiger partial charge in [0.1, 0.15) is 6.54 Å². The van der Waals surface area contributed by atoms with E-state index in [-0.39, 0.29) is 24.3 Å². The van der Waals surface area contributed by atoms with Crippen LogP contribution in [0, 0.1) is 5.92 Å². The lowest BCUT2D eigenvalue weighted by Crippen LogP contribution is -2.43. The van der Waals surface area contributed by atoms with Crippen molar-refractivity contribution in [1.82, 2.24) is 14.4 Å². The number of rotatable bonds is 6. The van der Waals surface area contributed by atoms with E-state index in [1.54, 1.807) is 17.7 Å². The van der Waals surface area contributed by atoms with Crippen LogP contribution in [0.3, 0.4) is 0 Å². The molecular formula is C26H33N3O5. The lowest BCUT2D eigenvalue weighted by atomic mass is 9.96. The maximum absolute atomic E-state index is 13.2. The van der Waals surface area contributed by atoms with Crippen LogP contribution >= 0.6 is 0 Å². The molecule has 0 N–H and O–H groups in total. The molecule has 1 aromatic heterocycles. The summed E-state index contributed by atoms with van der Waals surface area (Å²) >= 11 is 0. The number of hydrogen-bond acceptors (Lipinski definition) is 5. The first-order chi connectivity index (χ1) is 16.5. The number of para-hydroxylation sites is 1. The van der Waals surface area contributed by atoms with Gasteiger partial charge in [0.15, 0.2) is 0 Å². The summed E-state index contributed by atoms with van der Waals surface area (Å²) in [6.07, 6.45) is 6.95. The second-order valence-corrected chi connectivity index (χ2v) is 9.13. The van der Waals surface area contributed by atoms with Crippen LogP contribution in [0.15, 0.2) is 30.5 Å². The van der Waals surface area contributed by atoms with Crippen LogP contribution in [0.4, 0.5) is 0 Å². The third kappa shape index (κ3) is 5.16. The van der Waals surface area contributed by atoms with E-state index >= 15 is 0 Å². The van der Waals surface area contributed by atoms with E-state index in [1.165, 1.54) is 4.90 Å². The average molecular weight is 468 g/mol. The summed E-state index contributed by atoms with van der Waals surface area (Å²) in [7, 11) is 0. The second kappa shape index (κ2) is 10.8. The second-order valence-electron chi connectivity index (χ2n) is 9.13. The molecular weight excluding hydrogens is 434 g/mol. The van der Waals surface area contributed by atoms with Crippen LogP contribution in [0.2, 0.25) is 0 Å². The zero-order valence-corrected chi connectivity index (χ0v) is 19.8. The summed E-state index contributed by atoms with van der Waals surface area (Å²) in [6.45, 7) is 4.48. The van der Waals surface area contributed by atoms with E-state index in [9.17, 15) is 19.2 Å². The van der Waals surface area contributed by atoms with Crippen molar-refractivity contribution in [2.24, 2.45) is 5.92 Å². The molecule has 2 amide bonds. The Hall–Kier alpha value is -3.16. The normalized spacial score (nSPS) is 17.4. The molecule has 2 saturated heterocycles. The number of esters is 1. The molecule has 2 aromatic rings. The molecule has 0 atom stereocenters. The molecule has 182 valence electrons. The quantitative estimate of drug-likeness (QED) is 0.370. The first-order valence-corrected chi connectivity index (χ1v) is 12.4. The topological polar surface area (TPSA) is 88.9 Å². The van der Waals surface area contributed by atoms with Gasteiger partial charge in [0.05, 0.1) is 18.1 Å². The molecule has 0 unspecified atom stereocenters. The Morgan fingerprint density at radius 2 is 1.59 bits per heavy atom. The number of carbonyl (C=O) groups is 4. The number of ether oxygens (including phenoxy) is 1. The monoisotopic (exact) mass is 467 g/mol. The molecule has 8 heteroatoms. The summed E-state index contributed by atoms with van der Waals surface area (Å²) in [5, 5.41) is 0.672. The molecule has 0 aliphatic carbocycles. The van der Waals surface area contributed by atoms with Crippen molar-refractivity contribution in [3.05, 3.63) is 36.0 Å². The molecule has 34 heavy (non-hydrogen) atoms. The van der Waals surface area contributed by atoms with Gasteiger partial charge >= 0.3 is 5.97 Å². The van der Waals surface area contributed by atoms with Crippen molar-refractivity contribution in [1.29, 1.82) is 0 Å². The number of hydrogen-bond donors (Lipinski definition) is 0. The Kier molecular flexibility index (Phi) is 7.65. The SMILES string of the molecule is CCOC(=O)C1CCN(C(=O)C(=O)c2cn(CC(=O)N3CCCCCC3)c3ccccc23)CC1. The highest BCUT2D eigenvalue weighted by atomic mass is 16.5. The molecule has 8 nitrogen and oxygen atoms in total. The van der Waals surface area contributed by atoms with Gasteiger partial charge in [-0.25, -0.2) is 0 Å². The molecule has 0 spiro atoms. The number of piperidine rings is 1. The van der Waals surface area contributed by atoms with Gasteiger partial charge in [0.2, 0.25) is 5.91 Å². The number of likely N-dealkylation sites (tertiary alicyclic amines) is 2. The Bertz CT molecular complexity index is 1060. The van der Waals surface area contributed by atoms with E-state index in [4.69, 9.17) is 4.74 Å². The number of Topliss-reactive ketones (excluding diaryl/α,β-unsaturated/α-hetero) is 1. The lowest BCUT2D eigenvalue weighted by Gasteiger charge is -2.30. The minimum Gasteiger partial charge on any atom is -0.466 e. The van der Waals surface area contributed by atoms with Gasteiger partial charge in [0, 0.05) is 43.3 Å². The summed E-state index contributed by atoms with van der Waals surface area (Å²) < 4.78 is 6.87. The van der Waals surface area contributed by atoms with Gasteiger partial charge in [-0.1, -0.05) is 31.0 Å². The van der Waals surface area contributed by atoms with Crippen LogP contribution in [0.1, 0.15) is 55.8 Å². The zero-order valence-electron chi connectivity index (χ0n) is 19.8. The number of amides is 2. The molecule has 2 fully saturated rings. The number of fused-ring (bicyclic) bond motifs is 1. The highest BCUT2D eigenvalue weighted by Gasteiger charge is 2.32. The predicted octanol–water partition coefficient (Wildman–Crippen LogP) is 3.03. The number of benzene rings is 1. The first-order valence-electron chi connectivity index (χ1n) is 12.4. The summed E-state index contributed by atoms with van der Waals surface area (Å²) in [6, 6.07) is 7.38. The fourth-order valence-corrected chi connectivity index (χ4v) is 4.96. The van der Waals surface area contributed by atoms with Gasteiger partial charge in [-0.3, -0.25) is 19.2 Å². The molecule has 3 heterocycles. The Morgan fingerprint density at radius 1 is 0.912 bits per heavy atom. The summed E-state index contributed by atoms with van der Waals surface area (Å²) in [5.41, 5.74) is 1.08. The minimum atomic E-state index is -0.577. The number of ketones is 1. The van der Waals surface area contributed by atoms with Gasteiger partial charge < -0.3 is 19.1 Å². The van der Waals surface area contributed by atoms with Crippen molar-refractivity contribution in [2.45, 2.75) is 52.0 Å². The summed E-state index contributed by atoms with van der Waals surface area (Å²) in [5.74, 6) is -1.58. The van der Waals surface area contributed by atoms with Gasteiger partial charge in [0.25, 0.3) is 11.7 Å². The van der Waals surface area contributed by atoms with Crippen LogP contribution in [-0.2, 0) is 25.7 Å². The first kappa shape index (κ1) is 24.0. The third-order valence-electron chi connectivity index (χ3n) is 6.89. The molecule has 0 bridgehead atoms. The van der Waals surface area contributed by atoms with E-state index in [2.05, 4.69) is 0 Å². The van der Waals surface area contributed by atoms with Crippen LogP contribution < -0.4 is 0 Å². The number of aromatic nitrogens is 1. The highest BCUT2D eigenvalue weighted by Crippen LogP contribution is 2.25. The van der Waals surface area contributed by atoms with Crippen LogP contribution in [0.25, 0.3) is 10.9 Å². The standard InChI is InChI=1S/C26H33N3O5/c1-2-34-26(33)19-11-15-28(16-12-19)25(32)24(31)21-17-29(22-10-6-5-9-20(21)22)18-23(30)27-13-7-3-4-8-14-27/h5-6,9-10,17,19H,2-4,7-8,11-16,18H2,1H3. The fraction of sp³-hybridized carbons (Fsp3) is 0.538. The predicted molar refractivity (Wildman–Crippen MR) is 127 cm³/mol. The van der Waals surface area contributed by atoms with Crippen molar-refractivity contribution >= 4 is 34.5 Å². The smallest absolute Gasteiger partial charge is 0.309 e. The van der Waals surface area contributed by atoms with Crippen LogP contribution in [-0.4, -0.2) is 70.7 Å². The van der Waals surface area contributed by atoms with Crippen molar-refractivity contribution in [2.75, 3.05) is 32.8 Å². The molecule has 2 aliphatic rings. The number of carbonyl (C=O) groups excluding carboxylic acids is 4. The van der Waals surface area contributed by atoms with Gasteiger partial charge in [-0.2, -0.15) is 0 Å². The average Bonchev–Trinajstić information content (AvgIpc) is 3.02. The summed E-state index contributed by atoms with van der Waals surface area (Å²) in [4.78, 5) is 54.6. The Morgan fingerprint density at radius 3 is 2.26 bits per heavy atom. The molecule has 2 aliphatic heterocycles. The zero-order chi connectivity index (χ0) is 24.1. The fourth-order valence-electron chi connectivity index (χ4n) is 4.96. The maximum atomic E-state index is 13.2. The molecule has 0 saturated carbocycles. The highest BCUT2D eigenvalue weighted by molar-refractivity contribution is 6.44. The maximum Gasteiger partial charge on any atom is 0.309 e. The Labute approximate surface area is 199 Å². The van der Waals surface area contributed by atoms with E-state index in [1.807, 2.05) is 29.2 Å². The van der Waals surface area contributed by atoms with Gasteiger partial charge in [-0.15, -0.1) is 0 Å². The molecule has 0 radical (unpaired) electrons. The lowest BCUT2D eigenvalue weighted by molar-refractivity contribution is -0.150. The van der Waals surface area contributed by atoms with Gasteiger partial charge in [-0.05, 0) is 38.7 Å². The van der Waals surface area contributed by atoms with E-state index in [0.29, 0.717) is 43.5 Å². The van der Waals surface area contributed by atoms with Crippen molar-refractivity contribution in [3.8, 4) is 0 Å². The Balaban J connectivity index is 1.48. The van der Waals surface area contributed by atoms with E-state index < -0.39 is 11.7 Å². The van der Waals surface area contributed by atoms with Crippen molar-refractivity contribution in [3.63, 3.8) is 0 Å². The van der Waals surface area contributed by atoms with E-state index in [0.717, 1.165) is 44.3 Å². The molecule has 4 rings (SSSR count). The molecule has 1 aromatic carbocycles. The van der Waals surface area contributed by atoms with Crippen molar-refractivity contribution < 1.29 is 23.9 Å². The largest absolute Gasteiger partial charge is 0.466 e. The number of nitrogens with zero attached hydrogens (tertiary/aromatic N) is 3. The third-order valence-corrected chi connectivity index (χ3v) is 6.89.